The smallest absolute Gasteiger partial charge is 0.0787 e. The van der Waals surface area contributed by atoms with Crippen LogP contribution in [0.2, 0.25) is 0 Å². The Bertz CT molecular complexity index is 921. The fraction of sp³-hybridized carbons (Fsp3) is 0.176. The van der Waals surface area contributed by atoms with Crippen molar-refractivity contribution in [3.05, 3.63) is 54.4 Å². The molecule has 0 saturated heterocycles. The summed E-state index contributed by atoms with van der Waals surface area (Å²) in [4.78, 5) is 4.77. The van der Waals surface area contributed by atoms with E-state index in [4.69, 9.17) is 4.98 Å². The molecule has 3 nitrogen and oxygen atoms in total. The number of hydrogen-bond acceptors (Lipinski definition) is 2. The van der Waals surface area contributed by atoms with E-state index >= 15 is 0 Å². The van der Waals surface area contributed by atoms with Crippen molar-refractivity contribution in [2.75, 3.05) is 0 Å². The number of benzene rings is 1. The molecule has 98 valence electrons. The van der Waals surface area contributed by atoms with Crippen LogP contribution in [0.5, 0.6) is 0 Å². The van der Waals surface area contributed by atoms with E-state index in [-0.39, 0.29) is 0 Å². The van der Waals surface area contributed by atoms with Crippen LogP contribution in [0.1, 0.15) is 18.9 Å². The molecule has 0 unspecified atom stereocenters. The number of hydrogen-bond donors (Lipinski definition) is 0. The molecule has 0 aliphatic carbocycles. The zero-order chi connectivity index (χ0) is 13.5. The van der Waals surface area contributed by atoms with Crippen molar-refractivity contribution in [2.45, 2.75) is 19.8 Å². The van der Waals surface area contributed by atoms with Gasteiger partial charge in [0.05, 0.1) is 22.7 Å². The van der Waals surface area contributed by atoms with Gasteiger partial charge in [0.1, 0.15) is 0 Å². The van der Waals surface area contributed by atoms with E-state index in [1.54, 1.807) is 0 Å². The third kappa shape index (κ3) is 1.59. The molecule has 4 aromatic rings. The highest BCUT2D eigenvalue weighted by atomic mass is 15.2. The van der Waals surface area contributed by atoms with E-state index in [1.165, 1.54) is 21.9 Å². The molecule has 0 atom stereocenters. The molecular weight excluding hydrogens is 246 g/mol. The first kappa shape index (κ1) is 11.4. The fourth-order valence-electron chi connectivity index (χ4n) is 2.85. The Morgan fingerprint density at radius 3 is 2.90 bits per heavy atom. The fourth-order valence-corrected chi connectivity index (χ4v) is 2.85. The van der Waals surface area contributed by atoms with Crippen molar-refractivity contribution in [3.8, 4) is 0 Å². The normalized spacial score (nSPS) is 11.7. The maximum absolute atomic E-state index is 4.77. The van der Waals surface area contributed by atoms with Crippen LogP contribution in [-0.4, -0.2) is 14.6 Å². The van der Waals surface area contributed by atoms with Crippen molar-refractivity contribution < 1.29 is 0 Å². The molecule has 0 N–H and O–H groups in total. The van der Waals surface area contributed by atoms with Crippen molar-refractivity contribution in [2.24, 2.45) is 0 Å². The second kappa shape index (κ2) is 4.30. The molecule has 20 heavy (non-hydrogen) atoms. The first-order chi connectivity index (χ1) is 9.86. The molecular formula is C17H15N3. The van der Waals surface area contributed by atoms with E-state index < -0.39 is 0 Å². The van der Waals surface area contributed by atoms with Gasteiger partial charge >= 0.3 is 0 Å². The molecule has 0 spiro atoms. The highest BCUT2D eigenvalue weighted by molar-refractivity contribution is 6.01. The topological polar surface area (TPSA) is 30.2 Å². The second-order valence-electron chi connectivity index (χ2n) is 5.14. The van der Waals surface area contributed by atoms with E-state index in [9.17, 15) is 0 Å². The summed E-state index contributed by atoms with van der Waals surface area (Å²) in [6.45, 7) is 2.20. The largest absolute Gasteiger partial charge is 0.248 e. The molecule has 0 amide bonds. The minimum Gasteiger partial charge on any atom is -0.248 e. The number of aryl methyl sites for hydroxylation is 1. The van der Waals surface area contributed by atoms with E-state index in [0.29, 0.717) is 0 Å². The number of aromatic nitrogens is 3. The SMILES string of the molecule is CCCc1cnn2ccc3nc4ccccc4cc3c12. The highest BCUT2D eigenvalue weighted by Gasteiger charge is 2.09. The lowest BCUT2D eigenvalue weighted by atomic mass is 10.1. The summed E-state index contributed by atoms with van der Waals surface area (Å²) in [7, 11) is 0. The molecule has 3 heterocycles. The Balaban J connectivity index is 2.16. The third-order valence-corrected chi connectivity index (χ3v) is 3.77. The number of pyridine rings is 2. The van der Waals surface area contributed by atoms with Gasteiger partial charge in [0.2, 0.25) is 0 Å². The van der Waals surface area contributed by atoms with Crippen molar-refractivity contribution >= 4 is 27.3 Å². The quantitative estimate of drug-likeness (QED) is 0.511. The van der Waals surface area contributed by atoms with E-state index in [0.717, 1.165) is 23.9 Å². The van der Waals surface area contributed by atoms with Crippen molar-refractivity contribution in [1.82, 2.24) is 14.6 Å². The number of nitrogens with zero attached hydrogens (tertiary/aromatic N) is 3. The predicted octanol–water partition coefficient (Wildman–Crippen LogP) is 3.99. The van der Waals surface area contributed by atoms with Gasteiger partial charge < -0.3 is 0 Å². The van der Waals surface area contributed by atoms with Gasteiger partial charge in [-0.05, 0) is 30.2 Å². The number of para-hydroxylation sites is 1. The summed E-state index contributed by atoms with van der Waals surface area (Å²) >= 11 is 0. The van der Waals surface area contributed by atoms with Gasteiger partial charge in [-0.15, -0.1) is 0 Å². The summed E-state index contributed by atoms with van der Waals surface area (Å²) < 4.78 is 1.96. The Hall–Kier alpha value is -2.42. The average molecular weight is 261 g/mol. The first-order valence-electron chi connectivity index (χ1n) is 7.01. The van der Waals surface area contributed by atoms with Crippen molar-refractivity contribution in [3.63, 3.8) is 0 Å². The highest BCUT2D eigenvalue weighted by Crippen LogP contribution is 2.26. The summed E-state index contributed by atoms with van der Waals surface area (Å²) in [6.07, 6.45) is 6.15. The van der Waals surface area contributed by atoms with Gasteiger partial charge in [-0.25, -0.2) is 9.50 Å². The molecule has 0 aliphatic rings. The zero-order valence-corrected chi connectivity index (χ0v) is 11.4. The molecule has 0 saturated carbocycles. The number of rotatable bonds is 2. The Kier molecular flexibility index (Phi) is 2.46. The van der Waals surface area contributed by atoms with Crippen LogP contribution in [0, 0.1) is 0 Å². The van der Waals surface area contributed by atoms with Gasteiger partial charge in [0.15, 0.2) is 0 Å². The minimum absolute atomic E-state index is 1.04. The molecule has 0 radical (unpaired) electrons. The van der Waals surface area contributed by atoms with Crippen LogP contribution in [0.3, 0.4) is 0 Å². The van der Waals surface area contributed by atoms with Gasteiger partial charge in [0, 0.05) is 17.0 Å². The molecule has 0 aliphatic heterocycles. The van der Waals surface area contributed by atoms with Gasteiger partial charge in [-0.3, -0.25) is 0 Å². The lowest BCUT2D eigenvalue weighted by Crippen LogP contribution is -1.91. The predicted molar refractivity (Wildman–Crippen MR) is 82.0 cm³/mol. The van der Waals surface area contributed by atoms with Crippen LogP contribution in [-0.2, 0) is 6.42 Å². The molecule has 1 aromatic carbocycles. The molecule has 3 aromatic heterocycles. The summed E-state index contributed by atoms with van der Waals surface area (Å²) in [6, 6.07) is 12.5. The minimum atomic E-state index is 1.04. The summed E-state index contributed by atoms with van der Waals surface area (Å²) in [5, 5.41) is 6.82. The monoisotopic (exact) mass is 261 g/mol. The Labute approximate surface area is 116 Å². The zero-order valence-electron chi connectivity index (χ0n) is 11.4. The lowest BCUT2D eigenvalue weighted by molar-refractivity contribution is 0.929. The van der Waals surface area contributed by atoms with Crippen molar-refractivity contribution in [1.29, 1.82) is 0 Å². The van der Waals surface area contributed by atoms with Gasteiger partial charge in [0.25, 0.3) is 0 Å². The second-order valence-corrected chi connectivity index (χ2v) is 5.14. The molecule has 0 fully saturated rings. The molecule has 0 bridgehead atoms. The standard InChI is InChI=1S/C17H15N3/c1-2-5-13-11-18-20-9-8-16-14(17(13)20)10-12-6-3-4-7-15(12)19-16/h3-4,6-11H,2,5H2,1H3. The first-order valence-corrected chi connectivity index (χ1v) is 7.01. The van der Waals surface area contributed by atoms with Crippen LogP contribution in [0.4, 0.5) is 0 Å². The third-order valence-electron chi connectivity index (χ3n) is 3.77. The maximum atomic E-state index is 4.77. The Morgan fingerprint density at radius 2 is 2.00 bits per heavy atom. The van der Waals surface area contributed by atoms with Crippen LogP contribution in [0.25, 0.3) is 27.3 Å². The van der Waals surface area contributed by atoms with E-state index in [2.05, 4.69) is 36.3 Å². The summed E-state index contributed by atoms with van der Waals surface area (Å²) in [5.41, 5.74) is 4.58. The van der Waals surface area contributed by atoms with E-state index in [1.807, 2.05) is 29.0 Å². The van der Waals surface area contributed by atoms with Crippen LogP contribution >= 0.6 is 0 Å². The molecule has 3 heteroatoms. The van der Waals surface area contributed by atoms with Crippen LogP contribution in [0.15, 0.2) is 48.8 Å². The maximum Gasteiger partial charge on any atom is 0.0787 e. The average Bonchev–Trinajstić information content (AvgIpc) is 2.89. The molecule has 4 rings (SSSR count). The van der Waals surface area contributed by atoms with Gasteiger partial charge in [-0.2, -0.15) is 5.10 Å². The Morgan fingerprint density at radius 1 is 1.10 bits per heavy atom. The lowest BCUT2D eigenvalue weighted by Gasteiger charge is -2.05. The summed E-state index contributed by atoms with van der Waals surface area (Å²) in [5.74, 6) is 0. The number of fused-ring (bicyclic) bond motifs is 4. The van der Waals surface area contributed by atoms with Crippen LogP contribution < -0.4 is 0 Å². The van der Waals surface area contributed by atoms with Gasteiger partial charge in [-0.1, -0.05) is 31.5 Å².